The molecule has 22 heavy (non-hydrogen) atoms. The summed E-state index contributed by atoms with van der Waals surface area (Å²) in [6, 6.07) is 8.87. The minimum atomic E-state index is -0.829. The summed E-state index contributed by atoms with van der Waals surface area (Å²) in [5.74, 6) is 1.96. The van der Waals surface area contributed by atoms with Crippen LogP contribution in [0.2, 0.25) is 0 Å². The van der Waals surface area contributed by atoms with E-state index in [1.807, 2.05) is 18.2 Å². The van der Waals surface area contributed by atoms with E-state index in [0.717, 1.165) is 23.4 Å². The zero-order valence-corrected chi connectivity index (χ0v) is 12.4. The van der Waals surface area contributed by atoms with Crippen molar-refractivity contribution < 1.29 is 13.4 Å². The third kappa shape index (κ3) is 2.23. The van der Waals surface area contributed by atoms with E-state index < -0.39 is 10.8 Å². The van der Waals surface area contributed by atoms with Crippen LogP contribution in [-0.2, 0) is 23.1 Å². The normalized spacial score (nSPS) is 17.4. The Morgan fingerprint density at radius 3 is 3.09 bits per heavy atom. The fourth-order valence-corrected chi connectivity index (χ4v) is 3.67. The zero-order valence-electron chi connectivity index (χ0n) is 11.6. The van der Waals surface area contributed by atoms with Gasteiger partial charge in [0.05, 0.1) is 23.0 Å². The van der Waals surface area contributed by atoms with Gasteiger partial charge in [-0.15, -0.1) is 0 Å². The van der Waals surface area contributed by atoms with Gasteiger partial charge in [-0.25, -0.2) is 4.98 Å². The van der Waals surface area contributed by atoms with Gasteiger partial charge in [0, 0.05) is 28.8 Å². The number of nitrogens with zero attached hydrogens (tertiary/aromatic N) is 2. The molecule has 0 spiro atoms. The van der Waals surface area contributed by atoms with Gasteiger partial charge in [-0.2, -0.15) is 0 Å². The Hall–Kier alpha value is -2.41. The Balaban J connectivity index is 1.66. The van der Waals surface area contributed by atoms with Crippen LogP contribution in [-0.4, -0.2) is 25.4 Å². The van der Waals surface area contributed by atoms with E-state index in [1.54, 1.807) is 12.1 Å². The van der Waals surface area contributed by atoms with Crippen LogP contribution in [0.15, 0.2) is 41.0 Å². The van der Waals surface area contributed by atoms with Crippen molar-refractivity contribution in [2.75, 3.05) is 11.1 Å². The molecule has 6 nitrogen and oxygen atoms in total. The Labute approximate surface area is 128 Å². The number of fused-ring (bicyclic) bond motifs is 3. The van der Waals surface area contributed by atoms with Crippen molar-refractivity contribution >= 4 is 33.4 Å². The first kappa shape index (κ1) is 13.3. The molecule has 0 saturated heterocycles. The maximum absolute atomic E-state index is 12.0. The monoisotopic (exact) mass is 315 g/mol. The molecule has 4 rings (SSSR count). The van der Waals surface area contributed by atoms with Crippen LogP contribution in [0.25, 0.3) is 11.0 Å². The quantitative estimate of drug-likeness (QED) is 0.786. The average molecular weight is 315 g/mol. The lowest BCUT2D eigenvalue weighted by atomic mass is 10.2. The number of benzene rings is 1. The van der Waals surface area contributed by atoms with Crippen LogP contribution < -0.4 is 5.32 Å². The first-order valence-electron chi connectivity index (χ1n) is 6.90. The van der Waals surface area contributed by atoms with Crippen molar-refractivity contribution in [3.8, 4) is 0 Å². The Morgan fingerprint density at radius 1 is 1.36 bits per heavy atom. The number of carbonyl (C=O) groups is 1. The third-order valence-corrected chi connectivity index (χ3v) is 4.88. The van der Waals surface area contributed by atoms with Crippen molar-refractivity contribution in [1.82, 2.24) is 9.55 Å². The number of furan rings is 1. The second kappa shape index (κ2) is 5.10. The summed E-state index contributed by atoms with van der Waals surface area (Å²) in [6.07, 6.45) is 1.46. The molecule has 0 bridgehead atoms. The Morgan fingerprint density at radius 2 is 2.27 bits per heavy atom. The summed E-state index contributed by atoms with van der Waals surface area (Å²) < 4.78 is 18.8. The summed E-state index contributed by atoms with van der Waals surface area (Å²) in [4.78, 5) is 16.5. The molecule has 0 aliphatic carbocycles. The predicted molar refractivity (Wildman–Crippen MR) is 83.1 cm³/mol. The van der Waals surface area contributed by atoms with E-state index in [0.29, 0.717) is 17.2 Å². The van der Waals surface area contributed by atoms with Crippen LogP contribution in [0, 0.1) is 0 Å². The molecule has 1 aromatic carbocycles. The van der Waals surface area contributed by atoms with Crippen LogP contribution in [0.1, 0.15) is 16.4 Å². The van der Waals surface area contributed by atoms with Gasteiger partial charge in [0.25, 0.3) is 5.91 Å². The van der Waals surface area contributed by atoms with Crippen LogP contribution in [0.4, 0.5) is 5.69 Å². The minimum Gasteiger partial charge on any atom is -0.459 e. The van der Waals surface area contributed by atoms with E-state index in [2.05, 4.69) is 14.9 Å². The number of hydrogen-bond donors (Lipinski definition) is 1. The van der Waals surface area contributed by atoms with Gasteiger partial charge in [-0.1, -0.05) is 0 Å². The topological polar surface area (TPSA) is 77.1 Å². The van der Waals surface area contributed by atoms with E-state index in [-0.39, 0.29) is 11.7 Å². The third-order valence-electron chi connectivity index (χ3n) is 3.66. The second-order valence-electron chi connectivity index (χ2n) is 5.10. The molecule has 1 aliphatic heterocycles. The summed E-state index contributed by atoms with van der Waals surface area (Å²) in [6.45, 7) is 0.719. The molecule has 0 radical (unpaired) electrons. The molecule has 0 fully saturated rings. The molecule has 7 heteroatoms. The summed E-state index contributed by atoms with van der Waals surface area (Å²) in [5.41, 5.74) is 2.46. The van der Waals surface area contributed by atoms with E-state index >= 15 is 0 Å². The minimum absolute atomic E-state index is 0.264. The largest absolute Gasteiger partial charge is 0.459 e. The van der Waals surface area contributed by atoms with Crippen molar-refractivity contribution in [2.45, 2.75) is 12.3 Å². The number of anilines is 1. The van der Waals surface area contributed by atoms with Crippen molar-refractivity contribution in [1.29, 1.82) is 0 Å². The highest BCUT2D eigenvalue weighted by molar-refractivity contribution is 7.84. The van der Waals surface area contributed by atoms with Crippen LogP contribution >= 0.6 is 0 Å². The standard InChI is InChI=1S/C15H13N3O3S/c19-15(13-2-1-6-21-13)16-10-3-4-12-11(8-10)17-14-9-22(20)7-5-18(12)14/h1-4,6,8H,5,7,9H2,(H,16,19). The van der Waals surface area contributed by atoms with Gasteiger partial charge in [0.15, 0.2) is 5.76 Å². The second-order valence-corrected chi connectivity index (χ2v) is 6.68. The zero-order chi connectivity index (χ0) is 15.1. The molecule has 0 saturated carbocycles. The van der Waals surface area contributed by atoms with Crippen molar-refractivity contribution in [3.63, 3.8) is 0 Å². The number of carbonyl (C=O) groups excluding carboxylic acids is 1. The molecule has 1 amide bonds. The Kier molecular flexibility index (Phi) is 3.07. The SMILES string of the molecule is O=C(Nc1ccc2c(c1)nc1n2CCS(=O)C1)c1ccco1. The highest BCUT2D eigenvalue weighted by Crippen LogP contribution is 2.24. The summed E-state index contributed by atoms with van der Waals surface area (Å²) in [7, 11) is -0.829. The fourth-order valence-electron chi connectivity index (χ4n) is 2.63. The smallest absolute Gasteiger partial charge is 0.291 e. The number of amides is 1. The number of nitrogens with one attached hydrogen (secondary N) is 1. The highest BCUT2D eigenvalue weighted by atomic mass is 32.2. The van der Waals surface area contributed by atoms with E-state index in [4.69, 9.17) is 4.42 Å². The average Bonchev–Trinajstić information content (AvgIpc) is 3.13. The lowest BCUT2D eigenvalue weighted by Crippen LogP contribution is -2.19. The first-order valence-corrected chi connectivity index (χ1v) is 8.38. The number of hydrogen-bond acceptors (Lipinski definition) is 4. The lowest BCUT2D eigenvalue weighted by Gasteiger charge is -2.13. The van der Waals surface area contributed by atoms with Gasteiger partial charge in [-0.3, -0.25) is 9.00 Å². The summed E-state index contributed by atoms with van der Waals surface area (Å²) >= 11 is 0. The van der Waals surface area contributed by atoms with Gasteiger partial charge in [-0.05, 0) is 30.3 Å². The molecular formula is C15H13N3O3S. The van der Waals surface area contributed by atoms with Crippen LogP contribution in [0.3, 0.4) is 0 Å². The number of aryl methyl sites for hydroxylation is 1. The van der Waals surface area contributed by atoms with Crippen molar-refractivity contribution in [2.24, 2.45) is 0 Å². The van der Waals surface area contributed by atoms with Gasteiger partial charge >= 0.3 is 0 Å². The van der Waals surface area contributed by atoms with E-state index in [9.17, 15) is 9.00 Å². The molecular weight excluding hydrogens is 302 g/mol. The number of aromatic nitrogens is 2. The molecule has 3 heterocycles. The van der Waals surface area contributed by atoms with Gasteiger partial charge < -0.3 is 14.3 Å². The molecule has 2 aromatic heterocycles. The summed E-state index contributed by atoms with van der Waals surface area (Å²) in [5, 5.41) is 2.78. The van der Waals surface area contributed by atoms with Crippen molar-refractivity contribution in [3.05, 3.63) is 48.2 Å². The molecule has 3 aromatic rings. The number of rotatable bonds is 2. The van der Waals surface area contributed by atoms with Crippen LogP contribution in [0.5, 0.6) is 0 Å². The van der Waals surface area contributed by atoms with Gasteiger partial charge in [0.1, 0.15) is 5.82 Å². The molecule has 1 unspecified atom stereocenters. The van der Waals surface area contributed by atoms with Gasteiger partial charge in [0.2, 0.25) is 0 Å². The highest BCUT2D eigenvalue weighted by Gasteiger charge is 2.19. The molecule has 1 aliphatic rings. The molecule has 1 atom stereocenters. The lowest BCUT2D eigenvalue weighted by molar-refractivity contribution is 0.0996. The Bertz CT molecular complexity index is 883. The predicted octanol–water partition coefficient (Wildman–Crippen LogP) is 2.14. The molecule has 112 valence electrons. The van der Waals surface area contributed by atoms with E-state index in [1.165, 1.54) is 6.26 Å². The number of imidazole rings is 1. The maximum atomic E-state index is 12.0. The first-order chi connectivity index (χ1) is 10.7. The molecule has 1 N–H and O–H groups in total. The fraction of sp³-hybridized carbons (Fsp3) is 0.200. The maximum Gasteiger partial charge on any atom is 0.291 e.